The van der Waals surface area contributed by atoms with Gasteiger partial charge in [-0.1, -0.05) is 29.8 Å². The summed E-state index contributed by atoms with van der Waals surface area (Å²) < 4.78 is 5.40. The second-order valence-corrected chi connectivity index (χ2v) is 6.24. The summed E-state index contributed by atoms with van der Waals surface area (Å²) in [7, 11) is 0. The van der Waals surface area contributed by atoms with Gasteiger partial charge in [0.25, 0.3) is 0 Å². The lowest BCUT2D eigenvalue weighted by molar-refractivity contribution is -0.119. The van der Waals surface area contributed by atoms with Crippen molar-refractivity contribution in [2.45, 2.75) is 25.3 Å². The maximum absolute atomic E-state index is 12.1. The molecule has 1 aromatic rings. The minimum absolute atomic E-state index is 0.0477. The summed E-state index contributed by atoms with van der Waals surface area (Å²) in [4.78, 5) is 14.5. The molecular weight excluding hydrogens is 312 g/mol. The highest BCUT2D eigenvalue weighted by atomic mass is 35.5. The maximum atomic E-state index is 12.1. The van der Waals surface area contributed by atoms with Crippen molar-refractivity contribution in [3.05, 3.63) is 58.9 Å². The van der Waals surface area contributed by atoms with Gasteiger partial charge in [0.1, 0.15) is 0 Å². The second kappa shape index (κ2) is 7.66. The molecule has 122 valence electrons. The van der Waals surface area contributed by atoms with Crippen LogP contribution in [0.15, 0.2) is 48.3 Å². The van der Waals surface area contributed by atoms with E-state index in [9.17, 15) is 4.79 Å². The molecule has 3 rings (SSSR count). The van der Waals surface area contributed by atoms with Gasteiger partial charge in [-0.05, 0) is 36.6 Å². The molecule has 4 nitrogen and oxygen atoms in total. The number of amides is 1. The van der Waals surface area contributed by atoms with Gasteiger partial charge in [0.2, 0.25) is 5.91 Å². The Labute approximate surface area is 141 Å². The number of carbonyl (C=O) groups excluding carboxylic acids is 1. The molecule has 2 aliphatic rings. The minimum Gasteiger partial charge on any atom is -0.381 e. The summed E-state index contributed by atoms with van der Waals surface area (Å²) in [5, 5.41) is 3.57. The van der Waals surface area contributed by atoms with Crippen LogP contribution in [0.25, 0.3) is 0 Å². The Kier molecular flexibility index (Phi) is 5.36. The Morgan fingerprint density at radius 3 is 2.78 bits per heavy atom. The quantitative estimate of drug-likeness (QED) is 0.921. The first-order valence-corrected chi connectivity index (χ1v) is 8.35. The highest BCUT2D eigenvalue weighted by Crippen LogP contribution is 2.18. The molecule has 23 heavy (non-hydrogen) atoms. The molecule has 1 saturated heterocycles. The van der Waals surface area contributed by atoms with Gasteiger partial charge >= 0.3 is 0 Å². The Morgan fingerprint density at radius 1 is 1.30 bits per heavy atom. The number of nitrogens with one attached hydrogen (secondary N) is 1. The Balaban J connectivity index is 1.51. The van der Waals surface area contributed by atoms with Gasteiger partial charge in [-0.2, -0.15) is 0 Å². The monoisotopic (exact) mass is 332 g/mol. The fourth-order valence-electron chi connectivity index (χ4n) is 2.91. The number of hydrogen-bond donors (Lipinski definition) is 1. The van der Waals surface area contributed by atoms with Gasteiger partial charge in [-0.3, -0.25) is 4.79 Å². The van der Waals surface area contributed by atoms with Crippen molar-refractivity contribution in [2.75, 3.05) is 19.8 Å². The number of nitrogens with zero attached hydrogens (tertiary/aromatic N) is 1. The molecule has 2 aliphatic heterocycles. The van der Waals surface area contributed by atoms with E-state index in [1.54, 1.807) is 6.07 Å². The molecule has 0 bridgehead atoms. The van der Waals surface area contributed by atoms with Gasteiger partial charge in [0, 0.05) is 42.7 Å². The van der Waals surface area contributed by atoms with E-state index in [4.69, 9.17) is 16.3 Å². The van der Waals surface area contributed by atoms with E-state index < -0.39 is 0 Å². The van der Waals surface area contributed by atoms with Gasteiger partial charge in [0.05, 0.1) is 6.42 Å². The van der Waals surface area contributed by atoms with Crippen LogP contribution in [0, 0.1) is 0 Å². The fraction of sp³-hybridized carbons (Fsp3) is 0.389. The van der Waals surface area contributed by atoms with Crippen LogP contribution in [-0.2, 0) is 16.0 Å². The van der Waals surface area contributed by atoms with Crippen molar-refractivity contribution in [3.63, 3.8) is 0 Å². The minimum atomic E-state index is -0.0477. The Hall–Kier alpha value is -1.78. The van der Waals surface area contributed by atoms with Crippen molar-refractivity contribution < 1.29 is 9.53 Å². The van der Waals surface area contributed by atoms with E-state index in [0.717, 1.165) is 43.9 Å². The molecule has 0 saturated carbocycles. The smallest absolute Gasteiger partial charge is 0.228 e. The lowest BCUT2D eigenvalue weighted by Crippen LogP contribution is -2.38. The molecule has 1 amide bonds. The third-order valence-electron chi connectivity index (χ3n) is 4.22. The number of hydrogen-bond acceptors (Lipinski definition) is 3. The first kappa shape index (κ1) is 16.1. The molecule has 0 spiro atoms. The van der Waals surface area contributed by atoms with Crippen molar-refractivity contribution >= 4 is 17.5 Å². The van der Waals surface area contributed by atoms with Gasteiger partial charge < -0.3 is 15.0 Å². The van der Waals surface area contributed by atoms with E-state index in [1.807, 2.05) is 24.3 Å². The molecule has 5 heteroatoms. The van der Waals surface area contributed by atoms with E-state index in [0.29, 0.717) is 11.1 Å². The summed E-state index contributed by atoms with van der Waals surface area (Å²) in [6.07, 6.45) is 8.50. The van der Waals surface area contributed by atoms with Crippen LogP contribution in [0.3, 0.4) is 0 Å². The molecule has 0 radical (unpaired) electrons. The molecule has 2 heterocycles. The average Bonchev–Trinajstić information content (AvgIpc) is 2.58. The molecule has 0 aliphatic carbocycles. The second-order valence-electron chi connectivity index (χ2n) is 5.83. The summed E-state index contributed by atoms with van der Waals surface area (Å²) in [5.74, 6) is -0.0477. The van der Waals surface area contributed by atoms with Crippen molar-refractivity contribution in [1.29, 1.82) is 0 Å². The van der Waals surface area contributed by atoms with Crippen molar-refractivity contribution in [1.82, 2.24) is 10.2 Å². The van der Waals surface area contributed by atoms with Crippen LogP contribution in [0.1, 0.15) is 18.4 Å². The average molecular weight is 333 g/mol. The first-order chi connectivity index (χ1) is 11.2. The largest absolute Gasteiger partial charge is 0.381 e. The van der Waals surface area contributed by atoms with Crippen molar-refractivity contribution in [3.8, 4) is 0 Å². The highest BCUT2D eigenvalue weighted by molar-refractivity contribution is 6.31. The Morgan fingerprint density at radius 2 is 2.09 bits per heavy atom. The number of allylic oxidation sites excluding steroid dienone is 1. The number of carbonyl (C=O) groups is 1. The molecule has 1 aromatic carbocycles. The number of benzene rings is 1. The topological polar surface area (TPSA) is 41.6 Å². The van der Waals surface area contributed by atoms with E-state index in [1.165, 1.54) is 0 Å². The summed E-state index contributed by atoms with van der Waals surface area (Å²) in [6.45, 7) is 2.49. The van der Waals surface area contributed by atoms with Gasteiger partial charge in [0.15, 0.2) is 0 Å². The lowest BCUT2D eigenvalue weighted by Gasteiger charge is -2.34. The van der Waals surface area contributed by atoms with E-state index in [2.05, 4.69) is 22.5 Å². The van der Waals surface area contributed by atoms with Crippen LogP contribution in [0.5, 0.6) is 0 Å². The van der Waals surface area contributed by atoms with Crippen LogP contribution < -0.4 is 5.32 Å². The maximum Gasteiger partial charge on any atom is 0.228 e. The predicted octanol–water partition coefficient (Wildman–Crippen LogP) is 2.89. The first-order valence-electron chi connectivity index (χ1n) is 7.97. The van der Waals surface area contributed by atoms with E-state index >= 15 is 0 Å². The Bertz CT molecular complexity index is 621. The highest BCUT2D eigenvalue weighted by Gasteiger charge is 2.20. The summed E-state index contributed by atoms with van der Waals surface area (Å²) in [5.41, 5.74) is 1.70. The van der Waals surface area contributed by atoms with Crippen LogP contribution in [0.2, 0.25) is 5.02 Å². The fourth-order valence-corrected chi connectivity index (χ4v) is 3.11. The van der Waals surface area contributed by atoms with Gasteiger partial charge in [-0.15, -0.1) is 0 Å². The normalized spacial score (nSPS) is 18.7. The van der Waals surface area contributed by atoms with Crippen molar-refractivity contribution in [2.24, 2.45) is 0 Å². The molecule has 0 atom stereocenters. The summed E-state index contributed by atoms with van der Waals surface area (Å²) >= 11 is 6.09. The number of ether oxygens (including phenoxy) is 1. The molecule has 1 fully saturated rings. The predicted molar refractivity (Wildman–Crippen MR) is 91.1 cm³/mol. The SMILES string of the molecule is O=C(Cc1ccccc1Cl)NC1=CCN(C2CCOCC2)C=C1. The molecule has 0 aromatic heterocycles. The molecular formula is C18H21ClN2O2. The zero-order valence-corrected chi connectivity index (χ0v) is 13.8. The van der Waals surface area contributed by atoms with E-state index in [-0.39, 0.29) is 12.3 Å². The van der Waals surface area contributed by atoms with Crippen LogP contribution in [0.4, 0.5) is 0 Å². The summed E-state index contributed by atoms with van der Waals surface area (Å²) in [6, 6.07) is 7.97. The van der Waals surface area contributed by atoms with Gasteiger partial charge in [-0.25, -0.2) is 0 Å². The molecule has 0 unspecified atom stereocenters. The molecule has 1 N–H and O–H groups in total. The zero-order valence-electron chi connectivity index (χ0n) is 13.0. The number of halogens is 1. The third-order valence-corrected chi connectivity index (χ3v) is 4.59. The van der Waals surface area contributed by atoms with Crippen LogP contribution in [-0.4, -0.2) is 36.6 Å². The van der Waals surface area contributed by atoms with Crippen LogP contribution >= 0.6 is 11.6 Å². The standard InChI is InChI=1S/C18H21ClN2O2/c19-17-4-2-1-3-14(17)13-18(22)20-15-5-9-21(10-6-15)16-7-11-23-12-8-16/h1-6,9,16H,7-8,10-13H2,(H,20,22). The lowest BCUT2D eigenvalue weighted by atomic mass is 10.1. The third kappa shape index (κ3) is 4.36. The zero-order chi connectivity index (χ0) is 16.1. The number of rotatable bonds is 4.